The van der Waals surface area contributed by atoms with E-state index in [4.69, 9.17) is 68.1 Å². The van der Waals surface area contributed by atoms with Crippen LogP contribution in [-0.4, -0.2) is 143 Å². The predicted molar refractivity (Wildman–Crippen MR) is 558 cm³/mol. The Morgan fingerprint density at radius 2 is 0.565 bits per heavy atom. The Balaban J connectivity index is 0.000000126. The molecule has 0 radical (unpaired) electrons. The third kappa shape index (κ3) is 22.6. The van der Waals surface area contributed by atoms with E-state index >= 15 is 0 Å². The number of rotatable bonds is 18. The lowest BCUT2D eigenvalue weighted by Gasteiger charge is -2.14. The summed E-state index contributed by atoms with van der Waals surface area (Å²) in [5.74, 6) is -0.0111. The highest BCUT2D eigenvalue weighted by Gasteiger charge is 2.29. The molecule has 5 amide bonds. The molecule has 10 heterocycles. The van der Waals surface area contributed by atoms with E-state index < -0.39 is 12.2 Å². The summed E-state index contributed by atoms with van der Waals surface area (Å²) < 4.78 is 4.61. The molecular formula is C105H73Cl5N30O7. The smallest absolute Gasteiger partial charge is 0.412 e. The summed E-state index contributed by atoms with van der Waals surface area (Å²) >= 11 is 32.0. The number of H-pyrrole nitrogens is 5. The van der Waals surface area contributed by atoms with E-state index in [2.05, 4.69) is 133 Å². The highest BCUT2D eigenvalue weighted by Crippen LogP contribution is 2.43. The van der Waals surface area contributed by atoms with Gasteiger partial charge in [0.15, 0.2) is 57.6 Å². The number of nitrogens with one attached hydrogen (secondary N) is 10. The number of benzene rings is 10. The molecule has 10 aromatic heterocycles. The maximum absolute atomic E-state index is 12.7. The molecule has 720 valence electrons. The van der Waals surface area contributed by atoms with Crippen molar-refractivity contribution in [3.8, 4) is 143 Å². The van der Waals surface area contributed by atoms with Crippen LogP contribution in [0, 0.1) is 62.6 Å². The van der Waals surface area contributed by atoms with Gasteiger partial charge in [-0.1, -0.05) is 229 Å². The van der Waals surface area contributed by atoms with E-state index in [-0.39, 0.29) is 81.7 Å². The van der Waals surface area contributed by atoms with Crippen molar-refractivity contribution in [2.45, 2.75) is 52.4 Å². The lowest BCUT2D eigenvalue weighted by atomic mass is 10.0. The molecular weight excluding hydrogens is 1970 g/mol. The second-order valence-corrected chi connectivity index (χ2v) is 34.5. The van der Waals surface area contributed by atoms with Crippen LogP contribution in [0.25, 0.3) is 167 Å². The van der Waals surface area contributed by atoms with Gasteiger partial charge in [0.2, 0.25) is 17.7 Å². The zero-order valence-corrected chi connectivity index (χ0v) is 80.9. The van der Waals surface area contributed by atoms with Gasteiger partial charge in [-0.3, -0.25) is 50.5 Å². The van der Waals surface area contributed by atoms with Crippen molar-refractivity contribution in [1.29, 1.82) is 26.3 Å². The Bertz CT molecular complexity index is 8320. The van der Waals surface area contributed by atoms with Crippen molar-refractivity contribution in [1.82, 2.24) is 101 Å². The topological polar surface area (TPSA) is 566 Å². The molecule has 20 aromatic rings. The minimum absolute atomic E-state index is 0.0115. The molecule has 1 aliphatic rings. The Morgan fingerprint density at radius 1 is 0.333 bits per heavy atom. The fourth-order valence-electron chi connectivity index (χ4n) is 16.0. The van der Waals surface area contributed by atoms with Crippen LogP contribution in [0.3, 0.4) is 0 Å². The fraction of sp³-hybridized carbons (Fsp3) is 0.0952. The van der Waals surface area contributed by atoms with Gasteiger partial charge in [-0.05, 0) is 79.4 Å². The summed E-state index contributed by atoms with van der Waals surface area (Å²) in [6, 6.07) is 74.9. The van der Waals surface area contributed by atoms with Gasteiger partial charge in [0.1, 0.15) is 30.3 Å². The van der Waals surface area contributed by atoms with Crippen molar-refractivity contribution >= 4 is 172 Å². The standard InChI is InChI=1S/C25H21ClN6O.C21H15ClN6O.C20H13ClN6O2.C20H13ClN6O.C19H11ClN6O2/c26-19-12-17(11-18-14-28-32-22(18)19)24-23(16-8-2-1-3-9-16)31-25(20(13-27)29-24)30-21(33)10-15-6-4-5-7-15;1-2-17(29)26-21-16(10-23)25-20(19(27-21)12-6-4-3-5-7-12)13-8-14-11-24-28-18(14)15(22)9-13;1-29-20(28)26-19-15(9-22)24-18(17(25-19)11-5-3-2-4-6-11)12-7-13-10-23-27-16(13)14(21)8-12;1-11(28)24-20-16(9-22)25-19(18(26-20)12-5-3-2-4-6-12)13-7-14-10-23-27-17(14)15(21)8-13;20-13-7-11(6-12-9-22-26-15(12)13)17-16(10-4-2-1-3-5-10)24-18(25-19(27)28)14(8-21)23-17/h1-3,8-9,11-12,14-15H,4-7,10H2,(H,28,32)(H,30,31,33);3-9,11H,2H2,1H3,(H,24,28)(H,26,27,29);2-8,10H,1H3,(H,23,27)(H,25,26,28);2-8,10H,1H3,(H,23,27)(H,24,26,28);1-7,9H,(H,22,26)(H,24,25)(H,27,28). The van der Waals surface area contributed by atoms with Crippen LogP contribution in [0.4, 0.5) is 38.7 Å². The number of aromatic amines is 5. The number of carbonyl (C=O) groups is 5. The molecule has 0 unspecified atom stereocenters. The number of aromatic nitrogens is 20. The minimum Gasteiger partial charge on any atom is -0.465 e. The quantitative estimate of drug-likeness (QED) is 0.0380. The third-order valence-electron chi connectivity index (χ3n) is 22.8. The Labute approximate surface area is 858 Å². The number of nitriles is 5. The predicted octanol–water partition coefficient (Wildman–Crippen LogP) is 23.2. The average molecular weight is 2040 g/mol. The largest absolute Gasteiger partial charge is 0.465 e. The van der Waals surface area contributed by atoms with E-state index in [0.717, 1.165) is 91.4 Å². The van der Waals surface area contributed by atoms with E-state index in [9.17, 15) is 50.3 Å². The Morgan fingerprint density at radius 3 is 0.796 bits per heavy atom. The highest BCUT2D eigenvalue weighted by atomic mass is 35.5. The molecule has 0 saturated heterocycles. The number of ether oxygens (including phenoxy) is 1. The number of anilines is 5. The van der Waals surface area contributed by atoms with Gasteiger partial charge in [0.25, 0.3) is 0 Å². The number of fused-ring (bicyclic) bond motifs is 5. The first kappa shape index (κ1) is 99.4. The summed E-state index contributed by atoms with van der Waals surface area (Å²) in [6.45, 7) is 3.08. The molecule has 21 rings (SSSR count). The molecule has 0 spiro atoms. The summed E-state index contributed by atoms with van der Waals surface area (Å²) in [5.41, 5.74) is 15.6. The molecule has 1 saturated carbocycles. The van der Waals surface area contributed by atoms with Gasteiger partial charge >= 0.3 is 12.2 Å². The van der Waals surface area contributed by atoms with Gasteiger partial charge in [-0.15, -0.1) is 0 Å². The summed E-state index contributed by atoms with van der Waals surface area (Å²) in [7, 11) is 1.23. The van der Waals surface area contributed by atoms with Crippen molar-refractivity contribution in [3.05, 3.63) is 297 Å². The van der Waals surface area contributed by atoms with Crippen LogP contribution in [-0.2, 0) is 19.1 Å². The Kier molecular flexibility index (Phi) is 30.5. The van der Waals surface area contributed by atoms with Crippen molar-refractivity contribution < 1.29 is 33.8 Å². The van der Waals surface area contributed by atoms with Crippen molar-refractivity contribution in [2.75, 3.05) is 33.7 Å². The second kappa shape index (κ2) is 45.2. The number of amides is 5. The van der Waals surface area contributed by atoms with E-state index in [1.807, 2.05) is 206 Å². The van der Waals surface area contributed by atoms with Crippen LogP contribution in [0.5, 0.6) is 0 Å². The molecule has 147 heavy (non-hydrogen) atoms. The Hall–Kier alpha value is -19.2. The highest BCUT2D eigenvalue weighted by molar-refractivity contribution is 6.37. The summed E-state index contributed by atoms with van der Waals surface area (Å²) in [4.78, 5) is 104. The van der Waals surface area contributed by atoms with Gasteiger partial charge in [-0.25, -0.2) is 59.4 Å². The molecule has 10 aromatic carbocycles. The van der Waals surface area contributed by atoms with Gasteiger partial charge in [0, 0.05) is 102 Å². The summed E-state index contributed by atoms with van der Waals surface area (Å²) in [5, 5.41) is 110. The van der Waals surface area contributed by atoms with E-state index in [1.54, 1.807) is 68.2 Å². The van der Waals surface area contributed by atoms with Crippen molar-refractivity contribution in [2.24, 2.45) is 5.92 Å². The van der Waals surface area contributed by atoms with Crippen LogP contribution >= 0.6 is 58.0 Å². The first-order valence-electron chi connectivity index (χ1n) is 44.7. The zero-order valence-electron chi connectivity index (χ0n) is 77.1. The molecule has 1 fully saturated rings. The van der Waals surface area contributed by atoms with Gasteiger partial charge < -0.3 is 25.8 Å². The lowest BCUT2D eigenvalue weighted by molar-refractivity contribution is -0.117. The molecule has 1 aliphatic carbocycles. The monoisotopic (exact) mass is 2040 g/mol. The molecule has 11 N–H and O–H groups in total. The molecule has 0 aliphatic heterocycles. The normalized spacial score (nSPS) is 11.3. The number of methoxy groups -OCH3 is 1. The number of carboxylic acid groups (broad SMARTS) is 1. The molecule has 0 atom stereocenters. The SMILES string of the molecule is CC(=O)Nc1nc(-c2ccccc2)c(-c2cc(Cl)c3[nH]ncc3c2)nc1C#N.CCC(=O)Nc1nc(-c2ccccc2)c(-c2cc(Cl)c3[nH]ncc3c2)nc1C#N.COC(=O)Nc1nc(-c2ccccc2)c(-c2cc(Cl)c3[nH]ncc3c2)nc1C#N.N#Cc1nc(-c2cc(Cl)c3[nH]ncc3c2)c(-c2ccccc2)nc1NC(=O)CC1CCCC1.N#Cc1nc(-c2cc(Cl)c3[nH]ncc3c2)c(-c2ccccc2)nc1NC(=O)O. The number of hydrogen-bond acceptors (Lipinski definition) is 26. The van der Waals surface area contributed by atoms with Crippen LogP contribution in [0.15, 0.2) is 243 Å². The number of nitrogens with zero attached hydrogens (tertiary/aromatic N) is 20. The summed E-state index contributed by atoms with van der Waals surface area (Å²) in [6.07, 6.45) is 11.4. The maximum atomic E-state index is 12.7. The number of halogens is 5. The van der Waals surface area contributed by atoms with Crippen LogP contribution < -0.4 is 26.6 Å². The van der Waals surface area contributed by atoms with Crippen LogP contribution in [0.1, 0.15) is 80.8 Å². The third-order valence-corrected chi connectivity index (χ3v) is 24.3. The maximum Gasteiger partial charge on any atom is 0.412 e. The first-order valence-corrected chi connectivity index (χ1v) is 46.6. The van der Waals surface area contributed by atoms with E-state index in [1.165, 1.54) is 14.0 Å². The van der Waals surface area contributed by atoms with Gasteiger partial charge in [-0.2, -0.15) is 51.8 Å². The first-order chi connectivity index (χ1) is 71.4. The van der Waals surface area contributed by atoms with Crippen molar-refractivity contribution in [3.63, 3.8) is 0 Å². The fourth-order valence-corrected chi connectivity index (χ4v) is 17.4. The average Bonchev–Trinajstić information content (AvgIpc) is 1.77. The minimum atomic E-state index is -1.33. The molecule has 0 bridgehead atoms. The zero-order chi connectivity index (χ0) is 103. The number of hydrogen-bond donors (Lipinski definition) is 11. The van der Waals surface area contributed by atoms with Crippen LogP contribution in [0.2, 0.25) is 25.1 Å². The number of carbonyl (C=O) groups excluding carboxylic acids is 4. The molecule has 42 heteroatoms. The van der Waals surface area contributed by atoms with Gasteiger partial charge in [0.05, 0.1) is 148 Å². The lowest BCUT2D eigenvalue weighted by Crippen LogP contribution is -2.18. The van der Waals surface area contributed by atoms with E-state index in [0.29, 0.717) is 139 Å². The molecule has 37 nitrogen and oxygen atoms in total. The second-order valence-electron chi connectivity index (χ2n) is 32.5.